The van der Waals surface area contributed by atoms with Crippen LogP contribution in [0.2, 0.25) is 0 Å². The first kappa shape index (κ1) is 23.9. The summed E-state index contributed by atoms with van der Waals surface area (Å²) >= 11 is 3.41. The van der Waals surface area contributed by atoms with Crippen LogP contribution in [0.25, 0.3) is 0 Å². The molecular weight excluding hydrogens is 522 g/mol. The number of nitrogens with zero attached hydrogens (tertiary/aromatic N) is 2. The van der Waals surface area contributed by atoms with E-state index in [-0.39, 0.29) is 22.8 Å². The molecule has 8 heteroatoms. The number of ketones is 1. The Labute approximate surface area is 217 Å². The number of halogens is 1. The van der Waals surface area contributed by atoms with Crippen LogP contribution in [-0.2, 0) is 4.79 Å². The van der Waals surface area contributed by atoms with Crippen LogP contribution in [0.1, 0.15) is 42.2 Å². The number of nitro groups is 1. The van der Waals surface area contributed by atoms with Gasteiger partial charge in [-0.1, -0.05) is 60.1 Å². The van der Waals surface area contributed by atoms with E-state index >= 15 is 0 Å². The number of nitrogens with one attached hydrogen (secondary N) is 1. The molecule has 0 unspecified atom stereocenters. The van der Waals surface area contributed by atoms with Crippen molar-refractivity contribution in [3.63, 3.8) is 0 Å². The lowest BCUT2D eigenvalue weighted by molar-refractivity contribution is -0.384. The van der Waals surface area contributed by atoms with Gasteiger partial charge in [-0.2, -0.15) is 0 Å². The van der Waals surface area contributed by atoms with E-state index in [0.717, 1.165) is 4.47 Å². The van der Waals surface area contributed by atoms with E-state index in [1.165, 1.54) is 12.1 Å². The van der Waals surface area contributed by atoms with Gasteiger partial charge in [-0.25, -0.2) is 0 Å². The second kappa shape index (κ2) is 9.02. The summed E-state index contributed by atoms with van der Waals surface area (Å²) < 4.78 is 0.835. The van der Waals surface area contributed by atoms with E-state index < -0.39 is 16.9 Å². The summed E-state index contributed by atoms with van der Waals surface area (Å²) in [6, 6.07) is 19.9. The highest BCUT2D eigenvalue weighted by atomic mass is 79.9. The Bertz CT molecular complexity index is 1410. The number of amides is 1. The Morgan fingerprint density at radius 1 is 1.08 bits per heavy atom. The van der Waals surface area contributed by atoms with Gasteiger partial charge < -0.3 is 5.32 Å². The molecule has 1 N–H and O–H groups in total. The number of carbonyl (C=O) groups is 2. The minimum atomic E-state index is -0.785. The molecule has 7 nitrogen and oxygen atoms in total. The van der Waals surface area contributed by atoms with Gasteiger partial charge in [0.2, 0.25) is 0 Å². The molecule has 0 spiro atoms. The maximum absolute atomic E-state index is 14.2. The number of carbonyl (C=O) groups excluding carboxylic acids is 2. The van der Waals surface area contributed by atoms with E-state index in [1.807, 2.05) is 44.2 Å². The second-order valence-electron chi connectivity index (χ2n) is 9.83. The van der Waals surface area contributed by atoms with Crippen LogP contribution in [0.15, 0.2) is 89.0 Å². The summed E-state index contributed by atoms with van der Waals surface area (Å²) in [6.07, 6.45) is 2.35. The fraction of sp³-hybridized carbons (Fsp3) is 0.214. The summed E-state index contributed by atoms with van der Waals surface area (Å²) in [5.41, 5.74) is 2.50. The van der Waals surface area contributed by atoms with Gasteiger partial charge in [-0.3, -0.25) is 24.6 Å². The molecule has 3 aromatic rings. The zero-order valence-electron chi connectivity index (χ0n) is 19.8. The lowest BCUT2D eigenvalue weighted by Gasteiger charge is -2.39. The maximum Gasteiger partial charge on any atom is 0.269 e. The van der Waals surface area contributed by atoms with Gasteiger partial charge in [-0.15, -0.1) is 0 Å². The highest BCUT2D eigenvalue weighted by Gasteiger charge is 2.46. The van der Waals surface area contributed by atoms with E-state index in [2.05, 4.69) is 21.2 Å². The topological polar surface area (TPSA) is 92.6 Å². The molecule has 1 amide bonds. The van der Waals surface area contributed by atoms with Crippen LogP contribution in [0.3, 0.4) is 0 Å². The fourth-order valence-electron chi connectivity index (χ4n) is 5.13. The van der Waals surface area contributed by atoms with Crippen LogP contribution < -0.4 is 10.2 Å². The van der Waals surface area contributed by atoms with Gasteiger partial charge in [-0.05, 0) is 47.4 Å². The minimum Gasteiger partial charge on any atom is -0.357 e. The Balaban J connectivity index is 1.79. The summed E-state index contributed by atoms with van der Waals surface area (Å²) in [5.74, 6) is -1.04. The lowest BCUT2D eigenvalue weighted by atomic mass is 9.72. The Hall–Kier alpha value is -3.78. The third-order valence-electron chi connectivity index (χ3n) is 6.63. The number of nitro benzene ring substituents is 1. The predicted molar refractivity (Wildman–Crippen MR) is 142 cm³/mol. The summed E-state index contributed by atoms with van der Waals surface area (Å²) in [7, 11) is 0. The van der Waals surface area contributed by atoms with Crippen molar-refractivity contribution in [1.29, 1.82) is 0 Å². The zero-order chi connectivity index (χ0) is 25.6. The van der Waals surface area contributed by atoms with Crippen molar-refractivity contribution in [1.82, 2.24) is 0 Å². The highest BCUT2D eigenvalue weighted by Crippen LogP contribution is 2.49. The Kier molecular flexibility index (Phi) is 6.00. The first-order valence-corrected chi connectivity index (χ1v) is 12.4. The molecule has 2 aliphatic rings. The molecule has 1 heterocycles. The number of para-hydroxylation sites is 2. The number of benzene rings is 3. The number of hydrogen-bond donors (Lipinski definition) is 1. The molecule has 1 aliphatic heterocycles. The van der Waals surface area contributed by atoms with Crippen LogP contribution >= 0.6 is 15.9 Å². The molecular formula is C28H24BrN3O4. The molecule has 3 aromatic carbocycles. The summed E-state index contributed by atoms with van der Waals surface area (Å²) in [4.78, 5) is 40.7. The second-order valence-corrected chi connectivity index (χ2v) is 10.7. The zero-order valence-corrected chi connectivity index (χ0v) is 21.4. The van der Waals surface area contributed by atoms with E-state index in [1.54, 1.807) is 41.3 Å². The quantitative estimate of drug-likeness (QED) is 0.293. The SMILES string of the molecule is CC1(C)C=C2Nc3ccccc3N(C(=O)c3ccc(Br)cc3)[C@H](c3cccc([N+](=O)[O-])c3)[C@@H]2C(=O)C1. The van der Waals surface area contributed by atoms with Crippen molar-refractivity contribution in [2.45, 2.75) is 26.3 Å². The smallest absolute Gasteiger partial charge is 0.269 e. The molecule has 2 atom stereocenters. The summed E-state index contributed by atoms with van der Waals surface area (Å²) in [6.45, 7) is 4.00. The molecule has 0 bridgehead atoms. The first-order chi connectivity index (χ1) is 17.1. The monoisotopic (exact) mass is 545 g/mol. The molecule has 5 rings (SSSR count). The number of rotatable bonds is 3. The third-order valence-corrected chi connectivity index (χ3v) is 7.16. The van der Waals surface area contributed by atoms with E-state index in [4.69, 9.17) is 0 Å². The van der Waals surface area contributed by atoms with Crippen molar-refractivity contribution in [2.24, 2.45) is 11.3 Å². The number of hydrogen-bond acceptors (Lipinski definition) is 5. The molecule has 0 fully saturated rings. The molecule has 182 valence electrons. The number of allylic oxidation sites excluding steroid dienone is 1. The third kappa shape index (κ3) is 4.33. The molecule has 0 saturated heterocycles. The number of fused-ring (bicyclic) bond motifs is 2. The van der Waals surface area contributed by atoms with Gasteiger partial charge >= 0.3 is 0 Å². The van der Waals surface area contributed by atoms with Crippen LogP contribution in [0, 0.1) is 21.4 Å². The maximum atomic E-state index is 14.2. The predicted octanol–water partition coefficient (Wildman–Crippen LogP) is 6.67. The largest absolute Gasteiger partial charge is 0.357 e. The van der Waals surface area contributed by atoms with Gasteiger partial charge in [0.05, 0.1) is 28.3 Å². The normalized spacial score (nSPS) is 20.4. The van der Waals surface area contributed by atoms with Crippen molar-refractivity contribution in [3.8, 4) is 0 Å². The fourth-order valence-corrected chi connectivity index (χ4v) is 5.39. The van der Waals surface area contributed by atoms with Gasteiger partial charge in [0.1, 0.15) is 5.78 Å². The molecule has 0 radical (unpaired) electrons. The van der Waals surface area contributed by atoms with Crippen molar-refractivity contribution < 1.29 is 14.5 Å². The lowest BCUT2D eigenvalue weighted by Crippen LogP contribution is -2.43. The first-order valence-electron chi connectivity index (χ1n) is 11.6. The Morgan fingerprint density at radius 3 is 2.53 bits per heavy atom. The number of non-ortho nitro benzene ring substituents is 1. The average Bonchev–Trinajstić information content (AvgIpc) is 2.97. The van der Waals surface area contributed by atoms with E-state index in [9.17, 15) is 19.7 Å². The van der Waals surface area contributed by atoms with Gasteiger partial charge in [0.25, 0.3) is 11.6 Å². The molecule has 36 heavy (non-hydrogen) atoms. The van der Waals surface area contributed by atoms with Crippen LogP contribution in [-0.4, -0.2) is 16.6 Å². The van der Waals surface area contributed by atoms with Crippen molar-refractivity contribution in [2.75, 3.05) is 10.2 Å². The van der Waals surface area contributed by atoms with Crippen molar-refractivity contribution >= 4 is 44.7 Å². The molecule has 0 saturated carbocycles. The van der Waals surface area contributed by atoms with Gasteiger partial charge in [0.15, 0.2) is 0 Å². The van der Waals surface area contributed by atoms with Crippen molar-refractivity contribution in [3.05, 3.63) is 110 Å². The van der Waals surface area contributed by atoms with E-state index in [0.29, 0.717) is 34.6 Å². The average molecular weight is 546 g/mol. The molecule has 1 aliphatic carbocycles. The number of anilines is 2. The summed E-state index contributed by atoms with van der Waals surface area (Å²) in [5, 5.41) is 15.1. The number of Topliss-reactive ketones (excluding diaryl/α,β-unsaturated/α-hetero) is 1. The standard InChI is InChI=1S/C28H24BrN3O4/c1-28(2)15-22-25(24(33)16-28)26(18-6-5-7-20(14-18)32(35)36)31(23-9-4-3-8-21(23)30-22)27(34)17-10-12-19(29)13-11-17/h3-15,25-26,30H,16H2,1-2H3/t25-,26+/m0/s1. The van der Waals surface area contributed by atoms with Gasteiger partial charge in [0, 0.05) is 34.3 Å². The Morgan fingerprint density at radius 2 is 1.81 bits per heavy atom. The van der Waals surface area contributed by atoms with Crippen LogP contribution in [0.5, 0.6) is 0 Å². The highest BCUT2D eigenvalue weighted by molar-refractivity contribution is 9.10. The minimum absolute atomic E-state index is 0.0251. The van der Waals surface area contributed by atoms with Crippen LogP contribution in [0.4, 0.5) is 17.1 Å². The molecule has 0 aromatic heterocycles.